The molecule has 0 saturated heterocycles. The van der Waals surface area contributed by atoms with Gasteiger partial charge in [0.05, 0.1) is 13.2 Å². The van der Waals surface area contributed by atoms with Gasteiger partial charge in [-0.2, -0.15) is 0 Å². The van der Waals surface area contributed by atoms with Crippen LogP contribution in [0.1, 0.15) is 40.8 Å². The summed E-state index contributed by atoms with van der Waals surface area (Å²) < 4.78 is 5.30. The average Bonchev–Trinajstić information content (AvgIpc) is 2.94. The molecule has 2 aromatic rings. The fourth-order valence-corrected chi connectivity index (χ4v) is 3.45. The molecule has 1 N–H and O–H groups in total. The fourth-order valence-electron chi connectivity index (χ4n) is 2.41. The Hall–Kier alpha value is -1.32. The van der Waals surface area contributed by atoms with E-state index in [1.54, 1.807) is 7.11 Å². The van der Waals surface area contributed by atoms with Gasteiger partial charge in [0, 0.05) is 9.75 Å². The molecule has 2 nitrogen and oxygen atoms in total. The molecule has 0 radical (unpaired) electrons. The van der Waals surface area contributed by atoms with Gasteiger partial charge < -0.3 is 10.1 Å². The van der Waals surface area contributed by atoms with Crippen molar-refractivity contribution in [3.63, 3.8) is 0 Å². The maximum absolute atomic E-state index is 5.30. The Morgan fingerprint density at radius 2 is 2.00 bits per heavy atom. The lowest BCUT2D eigenvalue weighted by molar-refractivity contribution is 0.414. The van der Waals surface area contributed by atoms with Crippen LogP contribution >= 0.6 is 11.3 Å². The molecule has 0 aliphatic carbocycles. The summed E-state index contributed by atoms with van der Waals surface area (Å²) in [6.45, 7) is 7.46. The quantitative estimate of drug-likeness (QED) is 0.855. The van der Waals surface area contributed by atoms with Crippen molar-refractivity contribution in [2.75, 3.05) is 13.7 Å². The Kier molecular flexibility index (Phi) is 5.21. The first-order valence-electron chi connectivity index (χ1n) is 7.16. The number of ether oxygens (including phenoxy) is 1. The highest BCUT2D eigenvalue weighted by molar-refractivity contribution is 7.12. The fraction of sp³-hybridized carbons (Fsp3) is 0.412. The zero-order valence-corrected chi connectivity index (χ0v) is 13.5. The molecule has 1 unspecified atom stereocenters. The first-order chi connectivity index (χ1) is 9.69. The van der Waals surface area contributed by atoms with Gasteiger partial charge in [-0.3, -0.25) is 0 Å². The van der Waals surface area contributed by atoms with Gasteiger partial charge in [-0.25, -0.2) is 0 Å². The minimum atomic E-state index is 0.274. The Bertz CT molecular complexity index is 562. The van der Waals surface area contributed by atoms with E-state index in [0.29, 0.717) is 0 Å². The van der Waals surface area contributed by atoms with E-state index in [-0.39, 0.29) is 6.04 Å². The van der Waals surface area contributed by atoms with Crippen LogP contribution in [0.5, 0.6) is 5.75 Å². The van der Waals surface area contributed by atoms with Crippen LogP contribution in [0.15, 0.2) is 30.3 Å². The van der Waals surface area contributed by atoms with E-state index >= 15 is 0 Å². The minimum Gasteiger partial charge on any atom is -0.497 e. The van der Waals surface area contributed by atoms with Gasteiger partial charge in [-0.1, -0.05) is 19.9 Å². The number of hydrogen-bond acceptors (Lipinski definition) is 3. The predicted molar refractivity (Wildman–Crippen MR) is 86.9 cm³/mol. The van der Waals surface area contributed by atoms with Gasteiger partial charge in [0.1, 0.15) is 5.75 Å². The molecular weight excluding hydrogens is 266 g/mol. The first kappa shape index (κ1) is 15.1. The van der Waals surface area contributed by atoms with Gasteiger partial charge in [-0.05, 0) is 55.3 Å². The van der Waals surface area contributed by atoms with E-state index in [1.165, 1.54) is 20.9 Å². The van der Waals surface area contributed by atoms with E-state index in [2.05, 4.69) is 50.4 Å². The highest BCUT2D eigenvalue weighted by atomic mass is 32.1. The molecule has 1 atom stereocenters. The predicted octanol–water partition coefficient (Wildman–Crippen LogP) is 4.33. The summed E-state index contributed by atoms with van der Waals surface area (Å²) in [6.07, 6.45) is 1.10. The third-order valence-corrected chi connectivity index (χ3v) is 4.81. The third kappa shape index (κ3) is 3.22. The average molecular weight is 289 g/mol. The van der Waals surface area contributed by atoms with Gasteiger partial charge in [0.2, 0.25) is 0 Å². The van der Waals surface area contributed by atoms with E-state index < -0.39 is 0 Å². The van der Waals surface area contributed by atoms with Crippen molar-refractivity contribution in [1.29, 1.82) is 0 Å². The summed E-state index contributed by atoms with van der Waals surface area (Å²) in [5, 5.41) is 3.60. The molecule has 0 fully saturated rings. The lowest BCUT2D eigenvalue weighted by Crippen LogP contribution is -2.21. The molecule has 0 saturated carbocycles. The molecular formula is C17H23NOS. The Morgan fingerprint density at radius 1 is 1.20 bits per heavy atom. The van der Waals surface area contributed by atoms with Crippen molar-refractivity contribution in [3.05, 3.63) is 51.2 Å². The highest BCUT2D eigenvalue weighted by Crippen LogP contribution is 2.32. The lowest BCUT2D eigenvalue weighted by Gasteiger charge is -2.19. The number of nitrogens with one attached hydrogen (secondary N) is 1. The van der Waals surface area contributed by atoms with Gasteiger partial charge in [0.25, 0.3) is 0 Å². The van der Waals surface area contributed by atoms with Crippen molar-refractivity contribution in [1.82, 2.24) is 5.32 Å². The van der Waals surface area contributed by atoms with Crippen LogP contribution in [0.3, 0.4) is 0 Å². The minimum absolute atomic E-state index is 0.274. The molecule has 3 heteroatoms. The van der Waals surface area contributed by atoms with Crippen LogP contribution in [0.25, 0.3) is 0 Å². The number of aryl methyl sites for hydroxylation is 2. The maximum atomic E-state index is 5.30. The summed E-state index contributed by atoms with van der Waals surface area (Å²) in [6, 6.07) is 11.1. The monoisotopic (exact) mass is 289 g/mol. The van der Waals surface area contributed by atoms with E-state index in [0.717, 1.165) is 18.7 Å². The molecule has 0 bridgehead atoms. The molecule has 1 heterocycles. The molecule has 1 aromatic heterocycles. The van der Waals surface area contributed by atoms with Gasteiger partial charge >= 0.3 is 0 Å². The standard InChI is InChI=1S/C17H23NOS/c1-5-14-8-10-16(20-14)17(18-6-2)15-9-7-13(19-4)11-12(15)3/h7-11,17-18H,5-6H2,1-4H3. The number of hydrogen-bond donors (Lipinski definition) is 1. The molecule has 0 spiro atoms. The van der Waals surface area contributed by atoms with Crippen LogP contribution < -0.4 is 10.1 Å². The number of methoxy groups -OCH3 is 1. The SMILES string of the molecule is CCNC(c1ccc(CC)s1)c1ccc(OC)cc1C. The topological polar surface area (TPSA) is 21.3 Å². The van der Waals surface area contributed by atoms with Crippen LogP contribution in [0, 0.1) is 6.92 Å². The summed E-state index contributed by atoms with van der Waals surface area (Å²) in [4.78, 5) is 2.83. The lowest BCUT2D eigenvalue weighted by atomic mass is 9.99. The van der Waals surface area contributed by atoms with Crippen LogP contribution in [-0.2, 0) is 6.42 Å². The smallest absolute Gasteiger partial charge is 0.119 e. The summed E-state index contributed by atoms with van der Waals surface area (Å²) >= 11 is 1.90. The molecule has 2 rings (SSSR count). The molecule has 20 heavy (non-hydrogen) atoms. The van der Waals surface area contributed by atoms with Crippen LogP contribution in [0.2, 0.25) is 0 Å². The van der Waals surface area contributed by atoms with Crippen molar-refractivity contribution in [3.8, 4) is 5.75 Å². The summed E-state index contributed by atoms with van der Waals surface area (Å²) in [7, 11) is 1.71. The number of rotatable bonds is 6. The second-order valence-corrected chi connectivity index (χ2v) is 6.07. The van der Waals surface area contributed by atoms with E-state index in [9.17, 15) is 0 Å². The summed E-state index contributed by atoms with van der Waals surface area (Å²) in [5.74, 6) is 0.918. The second-order valence-electron chi connectivity index (χ2n) is 4.87. The van der Waals surface area contributed by atoms with Gasteiger partial charge in [-0.15, -0.1) is 11.3 Å². The molecule has 0 amide bonds. The van der Waals surface area contributed by atoms with E-state index in [4.69, 9.17) is 4.74 Å². The third-order valence-electron chi connectivity index (χ3n) is 3.51. The molecule has 108 valence electrons. The molecule has 0 aliphatic rings. The molecule has 0 aliphatic heterocycles. The first-order valence-corrected chi connectivity index (χ1v) is 7.97. The zero-order valence-electron chi connectivity index (χ0n) is 12.7. The van der Waals surface area contributed by atoms with Crippen molar-refractivity contribution >= 4 is 11.3 Å². The Labute approximate surface area is 125 Å². The number of thiophene rings is 1. The van der Waals surface area contributed by atoms with Crippen molar-refractivity contribution < 1.29 is 4.74 Å². The normalized spacial score (nSPS) is 12.4. The highest BCUT2D eigenvalue weighted by Gasteiger charge is 2.17. The van der Waals surface area contributed by atoms with Crippen molar-refractivity contribution in [2.45, 2.75) is 33.2 Å². The van der Waals surface area contributed by atoms with E-state index in [1.807, 2.05) is 17.4 Å². The largest absolute Gasteiger partial charge is 0.497 e. The Balaban J connectivity index is 2.37. The van der Waals surface area contributed by atoms with Crippen LogP contribution in [-0.4, -0.2) is 13.7 Å². The van der Waals surface area contributed by atoms with Crippen molar-refractivity contribution in [2.24, 2.45) is 0 Å². The van der Waals surface area contributed by atoms with Crippen LogP contribution in [0.4, 0.5) is 0 Å². The molecule has 1 aromatic carbocycles. The van der Waals surface area contributed by atoms with Gasteiger partial charge in [0.15, 0.2) is 0 Å². The zero-order chi connectivity index (χ0) is 14.5. The number of benzene rings is 1. The summed E-state index contributed by atoms with van der Waals surface area (Å²) in [5.41, 5.74) is 2.60. The maximum Gasteiger partial charge on any atom is 0.119 e. The second kappa shape index (κ2) is 6.91. The Morgan fingerprint density at radius 3 is 2.55 bits per heavy atom.